The highest BCUT2D eigenvalue weighted by Crippen LogP contribution is 2.19. The normalized spacial score (nSPS) is 11.6. The van der Waals surface area contributed by atoms with E-state index in [0.29, 0.717) is 72.8 Å². The first-order valence-corrected chi connectivity index (χ1v) is 9.62. The van der Waals surface area contributed by atoms with Crippen molar-refractivity contribution in [2.75, 3.05) is 0 Å². The first-order valence-electron chi connectivity index (χ1n) is 9.62. The largest absolute Gasteiger partial charge is 0.210 e. The molecule has 0 atom stereocenters. The average Bonchev–Trinajstić information content (AvgIpc) is 2.77. The van der Waals surface area contributed by atoms with Gasteiger partial charge in [-0.2, -0.15) is 21.9 Å². The monoisotopic (exact) mass is 463 g/mol. The first kappa shape index (κ1) is 22.6. The molecular formula is C24H12BF8-. The maximum absolute atomic E-state index is 15.2. The van der Waals surface area contributed by atoms with E-state index in [-0.39, 0.29) is 0 Å². The van der Waals surface area contributed by atoms with Gasteiger partial charge in [0.1, 0.15) is 29.4 Å². The Hall–Kier alpha value is -3.62. The van der Waals surface area contributed by atoms with Crippen molar-refractivity contribution in [3.05, 3.63) is 119 Å². The van der Waals surface area contributed by atoms with Gasteiger partial charge in [-0.05, 0) is 48.5 Å². The fraction of sp³-hybridized carbons (Fsp3) is 0. The van der Waals surface area contributed by atoms with Gasteiger partial charge in [0.25, 0.3) is 0 Å². The van der Waals surface area contributed by atoms with Crippen LogP contribution in [0.5, 0.6) is 0 Å². The van der Waals surface area contributed by atoms with E-state index in [0.717, 1.165) is 0 Å². The Kier molecular flexibility index (Phi) is 5.74. The van der Waals surface area contributed by atoms with E-state index >= 15 is 17.6 Å². The van der Waals surface area contributed by atoms with Crippen LogP contribution in [0.4, 0.5) is 35.1 Å². The summed E-state index contributed by atoms with van der Waals surface area (Å²) in [5.41, 5.74) is -3.30. The van der Waals surface area contributed by atoms with Gasteiger partial charge in [-0.3, -0.25) is 0 Å². The third kappa shape index (κ3) is 3.77. The number of halogens is 8. The van der Waals surface area contributed by atoms with Crippen molar-refractivity contribution >= 4 is 28.0 Å². The summed E-state index contributed by atoms with van der Waals surface area (Å²) in [6.45, 7) is 0. The van der Waals surface area contributed by atoms with Crippen LogP contribution in [0, 0.1) is 46.5 Å². The quantitative estimate of drug-likeness (QED) is 0.315. The van der Waals surface area contributed by atoms with Crippen molar-refractivity contribution in [1.29, 1.82) is 0 Å². The Morgan fingerprint density at radius 2 is 0.545 bits per heavy atom. The molecule has 0 aliphatic carbocycles. The number of rotatable bonds is 4. The second-order valence-electron chi connectivity index (χ2n) is 7.53. The molecule has 4 aromatic rings. The summed E-state index contributed by atoms with van der Waals surface area (Å²) in [5.74, 6) is -9.35. The molecule has 0 aliphatic heterocycles. The molecule has 0 heterocycles. The topological polar surface area (TPSA) is 0 Å². The van der Waals surface area contributed by atoms with Gasteiger partial charge in [0.2, 0.25) is 0 Å². The minimum Gasteiger partial charge on any atom is -0.210 e. The molecule has 4 aromatic carbocycles. The van der Waals surface area contributed by atoms with Crippen LogP contribution in [-0.2, 0) is 0 Å². The van der Waals surface area contributed by atoms with Crippen LogP contribution in [0.1, 0.15) is 0 Å². The summed E-state index contributed by atoms with van der Waals surface area (Å²) >= 11 is 0. The Morgan fingerprint density at radius 3 is 0.758 bits per heavy atom. The molecule has 0 N–H and O–H groups in total. The van der Waals surface area contributed by atoms with E-state index in [4.69, 9.17) is 0 Å². The third-order valence-corrected chi connectivity index (χ3v) is 5.70. The molecule has 0 bridgehead atoms. The molecule has 0 nitrogen and oxygen atoms in total. The van der Waals surface area contributed by atoms with Crippen LogP contribution in [0.2, 0.25) is 0 Å². The fourth-order valence-electron chi connectivity index (χ4n) is 4.39. The maximum Gasteiger partial charge on any atom is 0.122 e. The summed E-state index contributed by atoms with van der Waals surface area (Å²) in [6.07, 6.45) is -3.85. The van der Waals surface area contributed by atoms with Crippen molar-refractivity contribution in [3.8, 4) is 0 Å². The second-order valence-corrected chi connectivity index (χ2v) is 7.53. The molecule has 0 fully saturated rings. The highest BCUT2D eigenvalue weighted by Gasteiger charge is 2.40. The summed E-state index contributed by atoms with van der Waals surface area (Å²) < 4.78 is 118. The van der Waals surface area contributed by atoms with Gasteiger partial charge in [0.05, 0.1) is 23.3 Å². The molecule has 0 saturated carbocycles. The predicted octanol–water partition coefficient (Wildman–Crippen LogP) is 4.18. The van der Waals surface area contributed by atoms with E-state index in [1.165, 1.54) is 0 Å². The molecule has 0 spiro atoms. The molecule has 0 amide bonds. The molecule has 9 heteroatoms. The van der Waals surface area contributed by atoms with Crippen LogP contribution >= 0.6 is 0 Å². The summed E-state index contributed by atoms with van der Waals surface area (Å²) in [6, 6.07) is 7.42. The van der Waals surface area contributed by atoms with Gasteiger partial charge in [-0.25, -0.2) is 35.1 Å². The predicted molar refractivity (Wildman–Crippen MR) is 110 cm³/mol. The van der Waals surface area contributed by atoms with Gasteiger partial charge in [0.15, 0.2) is 0 Å². The molecule has 0 saturated heterocycles. The first-order chi connectivity index (χ1) is 15.6. The highest BCUT2D eigenvalue weighted by molar-refractivity contribution is 7.20. The zero-order valence-corrected chi connectivity index (χ0v) is 16.5. The van der Waals surface area contributed by atoms with Crippen molar-refractivity contribution in [1.82, 2.24) is 0 Å². The Labute approximate surface area is 183 Å². The van der Waals surface area contributed by atoms with E-state index in [9.17, 15) is 17.6 Å². The molecule has 0 unspecified atom stereocenters. The maximum atomic E-state index is 15.2. The van der Waals surface area contributed by atoms with Crippen LogP contribution in [0.3, 0.4) is 0 Å². The van der Waals surface area contributed by atoms with Gasteiger partial charge in [0, 0.05) is 0 Å². The van der Waals surface area contributed by atoms with Crippen molar-refractivity contribution in [3.63, 3.8) is 0 Å². The van der Waals surface area contributed by atoms with Crippen LogP contribution in [-0.4, -0.2) is 6.15 Å². The summed E-state index contributed by atoms with van der Waals surface area (Å²) in [5, 5.41) is 0. The SMILES string of the molecule is Fc1ccc(F)c([B-](c2cc(F)ccc2F)(c2cc(F)ccc2F)c2cc(F)ccc2F)c1. The van der Waals surface area contributed by atoms with Crippen LogP contribution in [0.25, 0.3) is 0 Å². The lowest BCUT2D eigenvalue weighted by Gasteiger charge is -2.44. The van der Waals surface area contributed by atoms with Gasteiger partial charge < -0.3 is 0 Å². The fourth-order valence-corrected chi connectivity index (χ4v) is 4.39. The molecule has 33 heavy (non-hydrogen) atoms. The smallest absolute Gasteiger partial charge is 0.122 e. The van der Waals surface area contributed by atoms with Gasteiger partial charge in [-0.15, -0.1) is 0 Å². The van der Waals surface area contributed by atoms with Gasteiger partial charge >= 0.3 is 0 Å². The standard InChI is InChI=1S/C24H12BF8/c26-13-1-5-21(30)17(9-13)25(18-10-14(27)2-6-22(18)31,19-11-15(28)3-7-23(19)32)20-12-16(29)4-8-24(20)33/h1-12H/q-1. The van der Waals surface area contributed by atoms with Gasteiger partial charge in [-0.1, -0.05) is 24.3 Å². The number of benzene rings is 4. The van der Waals surface area contributed by atoms with E-state index in [1.807, 2.05) is 0 Å². The third-order valence-electron chi connectivity index (χ3n) is 5.70. The average molecular weight is 463 g/mol. The molecule has 168 valence electrons. The van der Waals surface area contributed by atoms with Crippen LogP contribution < -0.4 is 21.9 Å². The summed E-state index contributed by atoms with van der Waals surface area (Å²) in [7, 11) is 0. The zero-order chi connectivity index (χ0) is 23.9. The Bertz CT molecular complexity index is 1160. The number of hydrogen-bond donors (Lipinski definition) is 0. The van der Waals surface area contributed by atoms with E-state index < -0.39 is 74.5 Å². The van der Waals surface area contributed by atoms with Crippen molar-refractivity contribution in [2.45, 2.75) is 0 Å². The van der Waals surface area contributed by atoms with E-state index in [1.54, 1.807) is 0 Å². The number of hydrogen-bond acceptors (Lipinski definition) is 0. The van der Waals surface area contributed by atoms with Crippen LogP contribution in [0.15, 0.2) is 72.8 Å². The van der Waals surface area contributed by atoms with Crippen molar-refractivity contribution in [2.24, 2.45) is 0 Å². The Morgan fingerprint density at radius 1 is 0.333 bits per heavy atom. The molecule has 0 radical (unpaired) electrons. The summed E-state index contributed by atoms with van der Waals surface area (Å²) in [4.78, 5) is 0. The van der Waals surface area contributed by atoms with E-state index in [2.05, 4.69) is 0 Å². The lowest BCUT2D eigenvalue weighted by Crippen LogP contribution is -2.77. The molecule has 0 aromatic heterocycles. The minimum atomic E-state index is -3.85. The lowest BCUT2D eigenvalue weighted by atomic mass is 9.12. The highest BCUT2D eigenvalue weighted by atomic mass is 19.2. The molecule has 0 aliphatic rings. The minimum absolute atomic E-state index is 0.536. The molecular weight excluding hydrogens is 451 g/mol. The van der Waals surface area contributed by atoms with Crippen molar-refractivity contribution < 1.29 is 35.1 Å². The zero-order valence-electron chi connectivity index (χ0n) is 16.5. The molecule has 4 rings (SSSR count). The second kappa shape index (κ2) is 8.39. The lowest BCUT2D eigenvalue weighted by molar-refractivity contribution is 0.598. The Balaban J connectivity index is 2.35.